The van der Waals surface area contributed by atoms with Crippen LogP contribution >= 0.6 is 12.4 Å². The molecule has 0 spiro atoms. The van der Waals surface area contributed by atoms with Gasteiger partial charge in [-0.05, 0) is 38.1 Å². The summed E-state index contributed by atoms with van der Waals surface area (Å²) < 4.78 is 13.2. The number of halogens is 1. The topological polar surface area (TPSA) is 36.3 Å². The second kappa shape index (κ2) is 7.69. The van der Waals surface area contributed by atoms with Crippen LogP contribution < -0.4 is 9.47 Å². The SMILES string of the molecule is CC(C)Oc1ccc(OCCn2ccnc2)cc1.Cl. The Morgan fingerprint density at radius 3 is 2.42 bits per heavy atom. The molecule has 1 aromatic carbocycles. The van der Waals surface area contributed by atoms with Crippen LogP contribution in [0.5, 0.6) is 11.5 Å². The predicted octanol–water partition coefficient (Wildman–Crippen LogP) is 3.17. The van der Waals surface area contributed by atoms with Crippen LogP contribution in [0.2, 0.25) is 0 Å². The van der Waals surface area contributed by atoms with Crippen LogP contribution in [0.15, 0.2) is 43.0 Å². The molecule has 0 amide bonds. The molecule has 0 bridgehead atoms. The van der Waals surface area contributed by atoms with Gasteiger partial charge in [0.15, 0.2) is 0 Å². The van der Waals surface area contributed by atoms with Gasteiger partial charge in [-0.3, -0.25) is 0 Å². The van der Waals surface area contributed by atoms with Gasteiger partial charge in [0.25, 0.3) is 0 Å². The largest absolute Gasteiger partial charge is 0.492 e. The molecule has 5 heteroatoms. The molecule has 0 unspecified atom stereocenters. The first-order valence-electron chi connectivity index (χ1n) is 6.09. The second-order valence-corrected chi connectivity index (χ2v) is 4.29. The number of hydrogen-bond acceptors (Lipinski definition) is 3. The van der Waals surface area contributed by atoms with Gasteiger partial charge in [-0.1, -0.05) is 0 Å². The average molecular weight is 283 g/mol. The van der Waals surface area contributed by atoms with E-state index in [1.807, 2.05) is 48.9 Å². The molecule has 1 heterocycles. The molecule has 0 aliphatic carbocycles. The van der Waals surface area contributed by atoms with Gasteiger partial charge in [-0.15, -0.1) is 12.4 Å². The summed E-state index contributed by atoms with van der Waals surface area (Å²) in [6.45, 7) is 5.44. The van der Waals surface area contributed by atoms with Crippen LogP contribution in [-0.4, -0.2) is 22.3 Å². The zero-order chi connectivity index (χ0) is 12.8. The van der Waals surface area contributed by atoms with E-state index in [0.29, 0.717) is 6.61 Å². The molecule has 0 saturated heterocycles. The van der Waals surface area contributed by atoms with E-state index in [4.69, 9.17) is 9.47 Å². The third kappa shape index (κ3) is 5.22. The van der Waals surface area contributed by atoms with Crippen molar-refractivity contribution in [3.05, 3.63) is 43.0 Å². The van der Waals surface area contributed by atoms with Crippen molar-refractivity contribution < 1.29 is 9.47 Å². The van der Waals surface area contributed by atoms with E-state index in [9.17, 15) is 0 Å². The number of ether oxygens (including phenoxy) is 2. The molecule has 0 aliphatic heterocycles. The summed E-state index contributed by atoms with van der Waals surface area (Å²) >= 11 is 0. The minimum atomic E-state index is 0. The lowest BCUT2D eigenvalue weighted by atomic mass is 10.3. The Morgan fingerprint density at radius 2 is 1.84 bits per heavy atom. The van der Waals surface area contributed by atoms with Gasteiger partial charge in [0.2, 0.25) is 0 Å². The Labute approximate surface area is 119 Å². The highest BCUT2D eigenvalue weighted by Gasteiger charge is 1.99. The van der Waals surface area contributed by atoms with E-state index in [2.05, 4.69) is 4.98 Å². The van der Waals surface area contributed by atoms with Gasteiger partial charge < -0.3 is 14.0 Å². The van der Waals surface area contributed by atoms with Gasteiger partial charge in [-0.25, -0.2) is 4.98 Å². The Kier molecular flexibility index (Phi) is 6.22. The number of benzene rings is 1. The number of nitrogens with zero attached hydrogens (tertiary/aromatic N) is 2. The molecule has 0 radical (unpaired) electrons. The van der Waals surface area contributed by atoms with Crippen LogP contribution in [0.4, 0.5) is 0 Å². The molecule has 0 aliphatic rings. The summed E-state index contributed by atoms with van der Waals surface area (Å²) in [6, 6.07) is 7.69. The van der Waals surface area contributed by atoms with Crippen LogP contribution in [-0.2, 0) is 6.54 Å². The Balaban J connectivity index is 0.00000180. The maximum Gasteiger partial charge on any atom is 0.119 e. The summed E-state index contributed by atoms with van der Waals surface area (Å²) in [5, 5.41) is 0. The summed E-state index contributed by atoms with van der Waals surface area (Å²) in [5.74, 6) is 1.72. The van der Waals surface area contributed by atoms with Gasteiger partial charge >= 0.3 is 0 Å². The Bertz CT molecular complexity index is 455. The van der Waals surface area contributed by atoms with Crippen molar-refractivity contribution in [2.75, 3.05) is 6.61 Å². The molecule has 4 nitrogen and oxygen atoms in total. The van der Waals surface area contributed by atoms with Crippen molar-refractivity contribution in [1.29, 1.82) is 0 Å². The van der Waals surface area contributed by atoms with Gasteiger partial charge in [0.1, 0.15) is 18.1 Å². The van der Waals surface area contributed by atoms with Crippen LogP contribution in [0.3, 0.4) is 0 Å². The van der Waals surface area contributed by atoms with Crippen molar-refractivity contribution in [3.63, 3.8) is 0 Å². The van der Waals surface area contributed by atoms with Crippen LogP contribution in [0.25, 0.3) is 0 Å². The zero-order valence-corrected chi connectivity index (χ0v) is 12.0. The van der Waals surface area contributed by atoms with E-state index in [0.717, 1.165) is 18.0 Å². The first-order valence-corrected chi connectivity index (χ1v) is 6.09. The number of rotatable bonds is 6. The molecule has 2 aromatic rings. The van der Waals surface area contributed by atoms with E-state index in [1.165, 1.54) is 0 Å². The lowest BCUT2D eigenvalue weighted by Gasteiger charge is -2.11. The quantitative estimate of drug-likeness (QED) is 0.816. The normalized spacial score (nSPS) is 10.1. The highest BCUT2D eigenvalue weighted by atomic mass is 35.5. The molecule has 2 rings (SSSR count). The summed E-state index contributed by atoms with van der Waals surface area (Å²) in [4.78, 5) is 3.98. The highest BCUT2D eigenvalue weighted by molar-refractivity contribution is 5.85. The average Bonchev–Trinajstić information content (AvgIpc) is 2.84. The van der Waals surface area contributed by atoms with E-state index >= 15 is 0 Å². The number of imidazole rings is 1. The molecular weight excluding hydrogens is 264 g/mol. The highest BCUT2D eigenvalue weighted by Crippen LogP contribution is 2.18. The van der Waals surface area contributed by atoms with Crippen molar-refractivity contribution in [1.82, 2.24) is 9.55 Å². The van der Waals surface area contributed by atoms with Crippen molar-refractivity contribution in [2.24, 2.45) is 0 Å². The van der Waals surface area contributed by atoms with Crippen molar-refractivity contribution in [3.8, 4) is 11.5 Å². The maximum absolute atomic E-state index is 5.64. The van der Waals surface area contributed by atoms with E-state index in [-0.39, 0.29) is 18.5 Å². The first-order chi connectivity index (χ1) is 8.74. The summed E-state index contributed by atoms with van der Waals surface area (Å²) in [5.41, 5.74) is 0. The molecule has 1 aromatic heterocycles. The molecule has 0 saturated carbocycles. The van der Waals surface area contributed by atoms with Crippen LogP contribution in [0, 0.1) is 0 Å². The second-order valence-electron chi connectivity index (χ2n) is 4.29. The van der Waals surface area contributed by atoms with Crippen molar-refractivity contribution in [2.45, 2.75) is 26.5 Å². The third-order valence-corrected chi connectivity index (χ3v) is 2.37. The number of hydrogen-bond donors (Lipinski definition) is 0. The molecule has 104 valence electrons. The predicted molar refractivity (Wildman–Crippen MR) is 77.2 cm³/mol. The monoisotopic (exact) mass is 282 g/mol. The lowest BCUT2D eigenvalue weighted by Crippen LogP contribution is -2.07. The fourth-order valence-electron chi connectivity index (χ4n) is 1.57. The zero-order valence-electron chi connectivity index (χ0n) is 11.2. The standard InChI is InChI=1S/C14H18N2O2.ClH/c1-12(2)18-14-5-3-13(4-6-14)17-10-9-16-8-7-15-11-16;/h3-8,11-12H,9-10H2,1-2H3;1H. The molecule has 19 heavy (non-hydrogen) atoms. The molecule has 0 N–H and O–H groups in total. The van der Waals surface area contributed by atoms with Crippen molar-refractivity contribution >= 4 is 12.4 Å². The fourth-order valence-corrected chi connectivity index (χ4v) is 1.57. The Morgan fingerprint density at radius 1 is 1.16 bits per heavy atom. The summed E-state index contributed by atoms with van der Waals surface area (Å²) in [6.07, 6.45) is 5.65. The first kappa shape index (κ1) is 15.4. The van der Waals surface area contributed by atoms with Crippen LogP contribution in [0.1, 0.15) is 13.8 Å². The van der Waals surface area contributed by atoms with Gasteiger partial charge in [0, 0.05) is 12.4 Å². The van der Waals surface area contributed by atoms with E-state index < -0.39 is 0 Å². The number of aromatic nitrogens is 2. The summed E-state index contributed by atoms with van der Waals surface area (Å²) in [7, 11) is 0. The molecule has 0 fully saturated rings. The molecular formula is C14H19ClN2O2. The fraction of sp³-hybridized carbons (Fsp3) is 0.357. The molecule has 0 atom stereocenters. The maximum atomic E-state index is 5.64. The smallest absolute Gasteiger partial charge is 0.119 e. The third-order valence-electron chi connectivity index (χ3n) is 2.37. The Hall–Kier alpha value is -1.68. The minimum Gasteiger partial charge on any atom is -0.492 e. The van der Waals surface area contributed by atoms with E-state index in [1.54, 1.807) is 12.5 Å². The lowest BCUT2D eigenvalue weighted by molar-refractivity contribution is 0.241. The minimum absolute atomic E-state index is 0. The van der Waals surface area contributed by atoms with Gasteiger partial charge in [0.05, 0.1) is 19.0 Å². The van der Waals surface area contributed by atoms with Gasteiger partial charge in [-0.2, -0.15) is 0 Å².